The summed E-state index contributed by atoms with van der Waals surface area (Å²) in [6.07, 6.45) is 0. The van der Waals surface area contributed by atoms with Crippen LogP contribution in [0.2, 0.25) is 5.02 Å². The zero-order chi connectivity index (χ0) is 15.9. The number of nitrogens with one attached hydrogen (secondary N) is 2. The first-order valence-electron chi connectivity index (χ1n) is 6.60. The van der Waals surface area contributed by atoms with Gasteiger partial charge in [-0.05, 0) is 55.0 Å². The number of carbonyl (C=O) groups excluding carboxylic acids is 1. The van der Waals surface area contributed by atoms with Gasteiger partial charge in [-0.25, -0.2) is 8.42 Å². The van der Waals surface area contributed by atoms with Crippen LogP contribution in [0.5, 0.6) is 0 Å². The molecule has 1 heterocycles. The van der Waals surface area contributed by atoms with Crippen molar-refractivity contribution in [2.24, 2.45) is 0 Å². The van der Waals surface area contributed by atoms with Crippen molar-refractivity contribution in [1.29, 1.82) is 0 Å². The van der Waals surface area contributed by atoms with Gasteiger partial charge >= 0.3 is 0 Å². The SMILES string of the molecule is CC1C(=O)Nc2ccc(NS(=O)(=O)c3ccc(Cl)cc3)cc21. The Balaban J connectivity index is 1.91. The largest absolute Gasteiger partial charge is 0.325 e. The first-order valence-corrected chi connectivity index (χ1v) is 8.46. The highest BCUT2D eigenvalue weighted by Crippen LogP contribution is 2.34. The lowest BCUT2D eigenvalue weighted by Crippen LogP contribution is -2.13. The number of carbonyl (C=O) groups is 1. The minimum Gasteiger partial charge on any atom is -0.325 e. The Bertz CT molecular complexity index is 848. The minimum absolute atomic E-state index is 0.0901. The molecule has 0 spiro atoms. The number of fused-ring (bicyclic) bond motifs is 1. The number of hydrogen-bond acceptors (Lipinski definition) is 3. The lowest BCUT2D eigenvalue weighted by molar-refractivity contribution is -0.116. The average Bonchev–Trinajstić information content (AvgIpc) is 2.74. The van der Waals surface area contributed by atoms with E-state index in [1.807, 2.05) is 0 Å². The van der Waals surface area contributed by atoms with Crippen molar-refractivity contribution in [3.05, 3.63) is 53.1 Å². The van der Waals surface area contributed by atoms with Crippen LogP contribution in [0, 0.1) is 0 Å². The lowest BCUT2D eigenvalue weighted by atomic mass is 10.0. The van der Waals surface area contributed by atoms with Gasteiger partial charge in [0.1, 0.15) is 0 Å². The van der Waals surface area contributed by atoms with Crippen molar-refractivity contribution < 1.29 is 13.2 Å². The van der Waals surface area contributed by atoms with Crippen LogP contribution in [-0.4, -0.2) is 14.3 Å². The molecule has 1 aliphatic rings. The van der Waals surface area contributed by atoms with Crippen molar-refractivity contribution >= 4 is 38.9 Å². The van der Waals surface area contributed by atoms with Gasteiger partial charge in [0, 0.05) is 16.4 Å². The molecule has 0 saturated carbocycles. The van der Waals surface area contributed by atoms with Crippen molar-refractivity contribution in [3.8, 4) is 0 Å². The number of benzene rings is 2. The smallest absolute Gasteiger partial charge is 0.261 e. The van der Waals surface area contributed by atoms with Crippen molar-refractivity contribution in [2.75, 3.05) is 10.0 Å². The third-order valence-electron chi connectivity index (χ3n) is 3.55. The van der Waals surface area contributed by atoms with Gasteiger partial charge in [-0.3, -0.25) is 9.52 Å². The number of sulfonamides is 1. The molecule has 7 heteroatoms. The summed E-state index contributed by atoms with van der Waals surface area (Å²) in [5.41, 5.74) is 1.91. The molecule has 0 bridgehead atoms. The third-order valence-corrected chi connectivity index (χ3v) is 5.19. The Morgan fingerprint density at radius 3 is 2.50 bits per heavy atom. The van der Waals surface area contributed by atoms with Gasteiger partial charge in [-0.2, -0.15) is 0 Å². The van der Waals surface area contributed by atoms with Gasteiger partial charge in [-0.15, -0.1) is 0 Å². The predicted octanol–water partition coefficient (Wildman–Crippen LogP) is 3.20. The Labute approximate surface area is 133 Å². The quantitative estimate of drug-likeness (QED) is 0.903. The molecule has 3 rings (SSSR count). The lowest BCUT2D eigenvalue weighted by Gasteiger charge is -2.10. The van der Waals surface area contributed by atoms with E-state index < -0.39 is 10.0 Å². The standard InChI is InChI=1S/C15H13ClN2O3S/c1-9-13-8-11(4-7-14(13)17-15(9)19)18-22(20,21)12-5-2-10(16)3-6-12/h2-9,18H,1H3,(H,17,19). The molecule has 1 amide bonds. The van der Waals surface area contributed by atoms with Crippen LogP contribution in [0.1, 0.15) is 18.4 Å². The fourth-order valence-electron chi connectivity index (χ4n) is 2.31. The molecule has 1 aliphatic heterocycles. The monoisotopic (exact) mass is 336 g/mol. The molecule has 1 atom stereocenters. The van der Waals surface area contributed by atoms with E-state index >= 15 is 0 Å². The number of anilines is 2. The van der Waals surface area contributed by atoms with E-state index in [0.717, 1.165) is 5.56 Å². The first kappa shape index (κ1) is 14.9. The molecule has 114 valence electrons. The Morgan fingerprint density at radius 2 is 1.82 bits per heavy atom. The highest BCUT2D eigenvalue weighted by molar-refractivity contribution is 7.92. The number of halogens is 1. The maximum Gasteiger partial charge on any atom is 0.261 e. The van der Waals surface area contributed by atoms with E-state index in [9.17, 15) is 13.2 Å². The second-order valence-corrected chi connectivity index (χ2v) is 7.19. The van der Waals surface area contributed by atoms with E-state index in [2.05, 4.69) is 10.0 Å². The van der Waals surface area contributed by atoms with Crippen LogP contribution < -0.4 is 10.0 Å². The second-order valence-electron chi connectivity index (χ2n) is 5.07. The van der Waals surface area contributed by atoms with Crippen LogP contribution >= 0.6 is 11.6 Å². The molecule has 0 aliphatic carbocycles. The van der Waals surface area contributed by atoms with Crippen LogP contribution in [0.3, 0.4) is 0 Å². The first-order chi connectivity index (χ1) is 10.4. The second kappa shape index (κ2) is 5.30. The van der Waals surface area contributed by atoms with Crippen LogP contribution in [0.4, 0.5) is 11.4 Å². The van der Waals surface area contributed by atoms with Gasteiger partial charge in [0.2, 0.25) is 5.91 Å². The van der Waals surface area contributed by atoms with E-state index in [-0.39, 0.29) is 16.7 Å². The minimum atomic E-state index is -3.69. The van der Waals surface area contributed by atoms with E-state index in [1.165, 1.54) is 24.3 Å². The molecule has 0 saturated heterocycles. The maximum absolute atomic E-state index is 12.3. The van der Waals surface area contributed by atoms with Gasteiger partial charge in [0.25, 0.3) is 10.0 Å². The molecule has 0 aromatic heterocycles. The van der Waals surface area contributed by atoms with Gasteiger partial charge in [0.05, 0.1) is 10.8 Å². The van der Waals surface area contributed by atoms with Gasteiger partial charge < -0.3 is 5.32 Å². The summed E-state index contributed by atoms with van der Waals surface area (Å²) in [5.74, 6) is -0.386. The summed E-state index contributed by atoms with van der Waals surface area (Å²) in [7, 11) is -3.69. The predicted molar refractivity (Wildman–Crippen MR) is 85.7 cm³/mol. The summed E-state index contributed by atoms with van der Waals surface area (Å²) in [6.45, 7) is 1.78. The molecular formula is C15H13ClN2O3S. The summed E-state index contributed by atoms with van der Waals surface area (Å²) in [5, 5.41) is 3.21. The van der Waals surface area contributed by atoms with Gasteiger partial charge in [-0.1, -0.05) is 11.6 Å². The number of hydrogen-bond donors (Lipinski definition) is 2. The summed E-state index contributed by atoms with van der Waals surface area (Å²) >= 11 is 5.76. The summed E-state index contributed by atoms with van der Waals surface area (Å²) in [4.78, 5) is 11.7. The van der Waals surface area contributed by atoms with E-state index in [4.69, 9.17) is 11.6 Å². The summed E-state index contributed by atoms with van der Waals surface area (Å²) < 4.78 is 27.2. The molecule has 0 fully saturated rings. The topological polar surface area (TPSA) is 75.3 Å². The zero-order valence-corrected chi connectivity index (χ0v) is 13.2. The number of amides is 1. The highest BCUT2D eigenvalue weighted by atomic mass is 35.5. The normalized spacial score (nSPS) is 17.0. The average molecular weight is 337 g/mol. The molecule has 0 radical (unpaired) electrons. The summed E-state index contributed by atoms with van der Waals surface area (Å²) in [6, 6.07) is 10.9. The highest BCUT2D eigenvalue weighted by Gasteiger charge is 2.27. The van der Waals surface area contributed by atoms with Crippen LogP contribution in [-0.2, 0) is 14.8 Å². The van der Waals surface area contributed by atoms with Crippen LogP contribution in [0.25, 0.3) is 0 Å². The van der Waals surface area contributed by atoms with Crippen LogP contribution in [0.15, 0.2) is 47.4 Å². The van der Waals surface area contributed by atoms with Gasteiger partial charge in [0.15, 0.2) is 0 Å². The Kier molecular flexibility index (Phi) is 3.58. The third kappa shape index (κ3) is 2.67. The van der Waals surface area contributed by atoms with E-state index in [0.29, 0.717) is 16.4 Å². The molecule has 22 heavy (non-hydrogen) atoms. The van der Waals surface area contributed by atoms with Crippen molar-refractivity contribution in [2.45, 2.75) is 17.7 Å². The maximum atomic E-state index is 12.3. The zero-order valence-electron chi connectivity index (χ0n) is 11.6. The number of rotatable bonds is 3. The molecule has 2 aromatic rings. The molecule has 2 N–H and O–H groups in total. The molecule has 2 aromatic carbocycles. The fraction of sp³-hybridized carbons (Fsp3) is 0.133. The molecule has 1 unspecified atom stereocenters. The molecule has 5 nitrogen and oxygen atoms in total. The molecular weight excluding hydrogens is 324 g/mol. The Morgan fingerprint density at radius 1 is 1.14 bits per heavy atom. The van der Waals surface area contributed by atoms with E-state index in [1.54, 1.807) is 25.1 Å². The fourth-order valence-corrected chi connectivity index (χ4v) is 3.48. The van der Waals surface area contributed by atoms with Crippen molar-refractivity contribution in [3.63, 3.8) is 0 Å². The Hall–Kier alpha value is -2.05. The van der Waals surface area contributed by atoms with Crippen molar-refractivity contribution in [1.82, 2.24) is 0 Å².